The van der Waals surface area contributed by atoms with Crippen LogP contribution in [0.2, 0.25) is 0 Å². The molecule has 0 heterocycles. The van der Waals surface area contributed by atoms with Crippen molar-refractivity contribution in [1.29, 1.82) is 0 Å². The Morgan fingerprint density at radius 2 is 2.22 bits per heavy atom. The van der Waals surface area contributed by atoms with Gasteiger partial charge in [-0.05, 0) is 36.7 Å². The van der Waals surface area contributed by atoms with E-state index in [4.69, 9.17) is 9.84 Å². The molecule has 102 valence electrons. The number of hydrogen-bond acceptors (Lipinski definition) is 3. The van der Waals surface area contributed by atoms with Crippen molar-refractivity contribution >= 4 is 15.9 Å². The number of halogens is 1. The average molecular weight is 316 g/mol. The van der Waals surface area contributed by atoms with Crippen molar-refractivity contribution in [2.45, 2.75) is 26.8 Å². The maximum atomic E-state index is 8.96. The Hall–Kier alpha value is -0.580. The summed E-state index contributed by atoms with van der Waals surface area (Å²) in [5.74, 6) is 1.02. The first kappa shape index (κ1) is 15.5. The monoisotopic (exact) mass is 315 g/mol. The number of aliphatic hydroxyl groups excluding tert-OH is 1. The van der Waals surface area contributed by atoms with Crippen LogP contribution in [0.3, 0.4) is 0 Å². The highest BCUT2D eigenvalue weighted by Crippen LogP contribution is 2.23. The van der Waals surface area contributed by atoms with Gasteiger partial charge in [-0.15, -0.1) is 0 Å². The minimum absolute atomic E-state index is 0.154. The molecular formula is C14H22BrNO2. The zero-order chi connectivity index (χ0) is 13.4. The molecule has 0 saturated heterocycles. The van der Waals surface area contributed by atoms with Crippen LogP contribution in [0.5, 0.6) is 5.75 Å². The van der Waals surface area contributed by atoms with Crippen molar-refractivity contribution in [3.63, 3.8) is 0 Å². The first-order chi connectivity index (χ1) is 8.67. The molecule has 0 radical (unpaired) electrons. The van der Waals surface area contributed by atoms with Crippen molar-refractivity contribution in [3.8, 4) is 5.75 Å². The summed E-state index contributed by atoms with van der Waals surface area (Å²) in [6, 6.07) is 5.98. The summed E-state index contributed by atoms with van der Waals surface area (Å²) in [6.07, 6.45) is 1.13. The molecule has 4 heteroatoms. The van der Waals surface area contributed by atoms with Crippen molar-refractivity contribution in [2.24, 2.45) is 5.92 Å². The lowest BCUT2D eigenvalue weighted by Gasteiger charge is -2.13. The lowest BCUT2D eigenvalue weighted by molar-refractivity contribution is 0.174. The molecule has 1 rings (SSSR count). The summed E-state index contributed by atoms with van der Waals surface area (Å²) < 4.78 is 6.74. The van der Waals surface area contributed by atoms with Crippen molar-refractivity contribution in [3.05, 3.63) is 28.2 Å². The molecular weight excluding hydrogens is 294 g/mol. The summed E-state index contributed by atoms with van der Waals surface area (Å²) in [4.78, 5) is 0. The Morgan fingerprint density at radius 1 is 1.44 bits per heavy atom. The third-order valence-electron chi connectivity index (χ3n) is 2.61. The van der Waals surface area contributed by atoms with Crippen molar-refractivity contribution in [1.82, 2.24) is 5.32 Å². The van der Waals surface area contributed by atoms with E-state index in [1.807, 2.05) is 25.1 Å². The second kappa shape index (κ2) is 8.51. The molecule has 1 unspecified atom stereocenters. The minimum atomic E-state index is 0.154. The molecule has 3 nitrogen and oxygen atoms in total. The quantitative estimate of drug-likeness (QED) is 0.725. The van der Waals surface area contributed by atoms with Crippen LogP contribution in [-0.4, -0.2) is 24.9 Å². The van der Waals surface area contributed by atoms with Gasteiger partial charge in [0.05, 0.1) is 6.61 Å². The smallest absolute Gasteiger partial charge is 0.119 e. The SMILES string of the molecule is CCCNCc1cc(OCC(C)CO)ccc1Br. The Kier molecular flexibility index (Phi) is 7.32. The molecule has 1 aromatic rings. The third kappa shape index (κ3) is 5.38. The van der Waals surface area contributed by atoms with Crippen molar-refractivity contribution in [2.75, 3.05) is 19.8 Å². The van der Waals surface area contributed by atoms with E-state index in [-0.39, 0.29) is 12.5 Å². The molecule has 1 aromatic carbocycles. The fourth-order valence-electron chi connectivity index (χ4n) is 1.47. The fraction of sp³-hybridized carbons (Fsp3) is 0.571. The number of benzene rings is 1. The molecule has 0 bridgehead atoms. The van der Waals surface area contributed by atoms with Crippen LogP contribution >= 0.6 is 15.9 Å². The van der Waals surface area contributed by atoms with E-state index in [1.165, 1.54) is 5.56 Å². The molecule has 0 aromatic heterocycles. The second-order valence-electron chi connectivity index (χ2n) is 4.53. The topological polar surface area (TPSA) is 41.5 Å². The predicted octanol–water partition coefficient (Wildman–Crippen LogP) is 2.96. The summed E-state index contributed by atoms with van der Waals surface area (Å²) in [5.41, 5.74) is 1.19. The molecule has 0 aliphatic heterocycles. The van der Waals surface area contributed by atoms with Crippen LogP contribution in [0.4, 0.5) is 0 Å². The van der Waals surface area contributed by atoms with E-state index in [2.05, 4.69) is 28.2 Å². The van der Waals surface area contributed by atoms with Gasteiger partial charge in [-0.2, -0.15) is 0 Å². The van der Waals surface area contributed by atoms with E-state index < -0.39 is 0 Å². The van der Waals surface area contributed by atoms with E-state index in [0.717, 1.165) is 29.7 Å². The number of nitrogens with one attached hydrogen (secondary N) is 1. The van der Waals surface area contributed by atoms with Gasteiger partial charge in [0.2, 0.25) is 0 Å². The van der Waals surface area contributed by atoms with Crippen LogP contribution in [0.15, 0.2) is 22.7 Å². The molecule has 0 saturated carbocycles. The van der Waals surface area contributed by atoms with Crippen LogP contribution in [-0.2, 0) is 6.54 Å². The lowest BCUT2D eigenvalue weighted by Crippen LogP contribution is -2.15. The maximum Gasteiger partial charge on any atom is 0.119 e. The van der Waals surface area contributed by atoms with Gasteiger partial charge in [0.15, 0.2) is 0 Å². The molecule has 0 spiro atoms. The molecule has 2 N–H and O–H groups in total. The van der Waals surface area contributed by atoms with Crippen LogP contribution in [0.1, 0.15) is 25.8 Å². The number of hydrogen-bond donors (Lipinski definition) is 2. The minimum Gasteiger partial charge on any atom is -0.493 e. The van der Waals surface area contributed by atoms with Gasteiger partial charge in [0, 0.05) is 23.5 Å². The lowest BCUT2D eigenvalue weighted by atomic mass is 10.2. The Bertz CT molecular complexity index is 358. The summed E-state index contributed by atoms with van der Waals surface area (Å²) in [6.45, 7) is 6.65. The van der Waals surface area contributed by atoms with Gasteiger partial charge < -0.3 is 15.2 Å². The zero-order valence-electron chi connectivity index (χ0n) is 11.1. The maximum absolute atomic E-state index is 8.96. The third-order valence-corrected chi connectivity index (χ3v) is 3.38. The number of ether oxygens (including phenoxy) is 1. The molecule has 1 atom stereocenters. The fourth-order valence-corrected chi connectivity index (χ4v) is 1.85. The summed E-state index contributed by atoms with van der Waals surface area (Å²) in [7, 11) is 0. The van der Waals surface area contributed by atoms with Crippen LogP contribution in [0, 0.1) is 5.92 Å². The van der Waals surface area contributed by atoms with Crippen LogP contribution in [0.25, 0.3) is 0 Å². The number of aliphatic hydroxyl groups is 1. The molecule has 0 aliphatic carbocycles. The highest BCUT2D eigenvalue weighted by atomic mass is 79.9. The highest BCUT2D eigenvalue weighted by Gasteiger charge is 2.05. The van der Waals surface area contributed by atoms with Gasteiger partial charge in [0.1, 0.15) is 5.75 Å². The van der Waals surface area contributed by atoms with E-state index in [0.29, 0.717) is 6.61 Å². The van der Waals surface area contributed by atoms with Gasteiger partial charge in [-0.1, -0.05) is 29.8 Å². The standard InChI is InChI=1S/C14H22BrNO2/c1-3-6-16-8-12-7-13(4-5-14(12)15)18-10-11(2)9-17/h4-5,7,11,16-17H,3,6,8-10H2,1-2H3. The van der Waals surface area contributed by atoms with Crippen molar-refractivity contribution < 1.29 is 9.84 Å². The van der Waals surface area contributed by atoms with Crippen LogP contribution < -0.4 is 10.1 Å². The molecule has 18 heavy (non-hydrogen) atoms. The zero-order valence-corrected chi connectivity index (χ0v) is 12.7. The highest BCUT2D eigenvalue weighted by molar-refractivity contribution is 9.10. The Labute approximate surface area is 118 Å². The largest absolute Gasteiger partial charge is 0.493 e. The normalized spacial score (nSPS) is 12.4. The second-order valence-corrected chi connectivity index (χ2v) is 5.38. The first-order valence-electron chi connectivity index (χ1n) is 6.40. The Balaban J connectivity index is 2.56. The summed E-state index contributed by atoms with van der Waals surface area (Å²) >= 11 is 3.54. The predicted molar refractivity (Wildman–Crippen MR) is 77.9 cm³/mol. The Morgan fingerprint density at radius 3 is 2.89 bits per heavy atom. The molecule has 0 amide bonds. The van der Waals surface area contributed by atoms with Gasteiger partial charge in [0.25, 0.3) is 0 Å². The molecule has 0 fully saturated rings. The van der Waals surface area contributed by atoms with Gasteiger partial charge >= 0.3 is 0 Å². The number of rotatable bonds is 8. The van der Waals surface area contributed by atoms with Gasteiger partial charge in [-0.25, -0.2) is 0 Å². The first-order valence-corrected chi connectivity index (χ1v) is 7.19. The van der Waals surface area contributed by atoms with E-state index >= 15 is 0 Å². The molecule has 0 aliphatic rings. The van der Waals surface area contributed by atoms with E-state index in [9.17, 15) is 0 Å². The van der Waals surface area contributed by atoms with E-state index in [1.54, 1.807) is 0 Å². The van der Waals surface area contributed by atoms with Gasteiger partial charge in [-0.3, -0.25) is 0 Å². The average Bonchev–Trinajstić information content (AvgIpc) is 2.39. The summed E-state index contributed by atoms with van der Waals surface area (Å²) in [5, 5.41) is 12.3.